The lowest BCUT2D eigenvalue weighted by Gasteiger charge is -2.10. The summed E-state index contributed by atoms with van der Waals surface area (Å²) in [5.74, 6) is -2.36. The van der Waals surface area contributed by atoms with Crippen LogP contribution in [0.2, 0.25) is 0 Å². The summed E-state index contributed by atoms with van der Waals surface area (Å²) in [6, 6.07) is 1.62. The topological polar surface area (TPSA) is 55.1 Å². The standard InChI is InChI=1S/C11H14F2N2OS/c1-6(17-2)5-15-11(16)7-3-10(14)9(13)4-8(7)12/h3-4,6H,5,14H2,1-2H3,(H,15,16). The highest BCUT2D eigenvalue weighted by molar-refractivity contribution is 7.99. The Morgan fingerprint density at radius 1 is 1.47 bits per heavy atom. The van der Waals surface area contributed by atoms with Crippen LogP contribution in [-0.2, 0) is 0 Å². The van der Waals surface area contributed by atoms with Crippen molar-refractivity contribution in [1.29, 1.82) is 0 Å². The first-order valence-corrected chi connectivity index (χ1v) is 6.30. The minimum Gasteiger partial charge on any atom is -0.396 e. The number of thioether (sulfide) groups is 1. The fourth-order valence-corrected chi connectivity index (χ4v) is 1.40. The molecule has 94 valence electrons. The Kier molecular flexibility index (Phi) is 4.74. The third kappa shape index (κ3) is 3.59. The molecule has 0 aliphatic heterocycles. The SMILES string of the molecule is CSC(C)CNC(=O)c1cc(N)c(F)cc1F. The zero-order chi connectivity index (χ0) is 13.0. The third-order valence-corrected chi connectivity index (χ3v) is 3.25. The number of amides is 1. The molecule has 0 bridgehead atoms. The molecule has 1 atom stereocenters. The van der Waals surface area contributed by atoms with Crippen LogP contribution in [0.3, 0.4) is 0 Å². The zero-order valence-corrected chi connectivity index (χ0v) is 10.4. The number of hydrogen-bond donors (Lipinski definition) is 2. The van der Waals surface area contributed by atoms with Crippen molar-refractivity contribution in [2.24, 2.45) is 0 Å². The van der Waals surface area contributed by atoms with E-state index in [1.165, 1.54) is 0 Å². The third-order valence-electron chi connectivity index (χ3n) is 2.28. The van der Waals surface area contributed by atoms with Gasteiger partial charge in [0.1, 0.15) is 11.6 Å². The van der Waals surface area contributed by atoms with Crippen molar-refractivity contribution in [2.75, 3.05) is 18.5 Å². The van der Waals surface area contributed by atoms with Crippen LogP contribution in [0.25, 0.3) is 0 Å². The Bertz CT molecular complexity index is 426. The lowest BCUT2D eigenvalue weighted by Crippen LogP contribution is -2.30. The Morgan fingerprint density at radius 3 is 2.71 bits per heavy atom. The summed E-state index contributed by atoms with van der Waals surface area (Å²) in [7, 11) is 0. The van der Waals surface area contributed by atoms with Crippen LogP contribution in [0.15, 0.2) is 12.1 Å². The summed E-state index contributed by atoms with van der Waals surface area (Å²) in [5, 5.41) is 2.78. The van der Waals surface area contributed by atoms with E-state index < -0.39 is 17.5 Å². The van der Waals surface area contributed by atoms with E-state index in [0.29, 0.717) is 12.6 Å². The minimum atomic E-state index is -0.911. The van der Waals surface area contributed by atoms with Gasteiger partial charge in [-0.2, -0.15) is 11.8 Å². The maximum absolute atomic E-state index is 13.3. The molecular formula is C11H14F2N2OS. The van der Waals surface area contributed by atoms with E-state index in [1.54, 1.807) is 11.8 Å². The number of carbonyl (C=O) groups is 1. The molecule has 0 saturated carbocycles. The van der Waals surface area contributed by atoms with Crippen molar-refractivity contribution in [3.8, 4) is 0 Å². The number of nitrogens with two attached hydrogens (primary N) is 1. The number of hydrogen-bond acceptors (Lipinski definition) is 3. The molecule has 0 radical (unpaired) electrons. The van der Waals surface area contributed by atoms with Crippen molar-refractivity contribution >= 4 is 23.4 Å². The minimum absolute atomic E-state index is 0.222. The summed E-state index contributed by atoms with van der Waals surface area (Å²) in [4.78, 5) is 11.6. The fourth-order valence-electron chi connectivity index (χ4n) is 1.15. The molecule has 3 N–H and O–H groups in total. The largest absolute Gasteiger partial charge is 0.396 e. The van der Waals surface area contributed by atoms with Gasteiger partial charge in [-0.1, -0.05) is 6.92 Å². The van der Waals surface area contributed by atoms with Crippen LogP contribution in [0, 0.1) is 11.6 Å². The number of benzene rings is 1. The van der Waals surface area contributed by atoms with E-state index in [0.717, 1.165) is 6.07 Å². The monoisotopic (exact) mass is 260 g/mol. The van der Waals surface area contributed by atoms with Crippen LogP contribution >= 0.6 is 11.8 Å². The number of nitrogens with one attached hydrogen (secondary N) is 1. The summed E-state index contributed by atoms with van der Waals surface area (Å²) in [6.45, 7) is 2.34. The van der Waals surface area contributed by atoms with Crippen LogP contribution in [-0.4, -0.2) is 24.0 Å². The highest BCUT2D eigenvalue weighted by Gasteiger charge is 2.15. The fraction of sp³-hybridized carbons (Fsp3) is 0.364. The van der Waals surface area contributed by atoms with E-state index in [-0.39, 0.29) is 16.5 Å². The first-order chi connectivity index (χ1) is 7.95. The molecule has 1 aromatic rings. The molecule has 1 unspecified atom stereocenters. The van der Waals surface area contributed by atoms with Crippen LogP contribution in [0.1, 0.15) is 17.3 Å². The van der Waals surface area contributed by atoms with Gasteiger partial charge in [-0.25, -0.2) is 8.78 Å². The van der Waals surface area contributed by atoms with Gasteiger partial charge in [0.2, 0.25) is 0 Å². The average molecular weight is 260 g/mol. The Morgan fingerprint density at radius 2 is 2.12 bits per heavy atom. The van der Waals surface area contributed by atoms with Gasteiger partial charge in [-0.05, 0) is 12.3 Å². The van der Waals surface area contributed by atoms with Crippen molar-refractivity contribution in [3.63, 3.8) is 0 Å². The Labute approximate surface area is 103 Å². The van der Waals surface area contributed by atoms with Gasteiger partial charge >= 0.3 is 0 Å². The predicted molar refractivity (Wildman–Crippen MR) is 66.1 cm³/mol. The predicted octanol–water partition coefficient (Wildman–Crippen LogP) is 2.03. The van der Waals surface area contributed by atoms with Gasteiger partial charge in [-0.3, -0.25) is 4.79 Å². The molecule has 17 heavy (non-hydrogen) atoms. The van der Waals surface area contributed by atoms with Gasteiger partial charge in [0.15, 0.2) is 0 Å². The van der Waals surface area contributed by atoms with Crippen molar-refractivity contribution in [2.45, 2.75) is 12.2 Å². The highest BCUT2D eigenvalue weighted by Crippen LogP contribution is 2.16. The second-order valence-electron chi connectivity index (χ2n) is 3.61. The van der Waals surface area contributed by atoms with Crippen molar-refractivity contribution in [1.82, 2.24) is 5.32 Å². The second-order valence-corrected chi connectivity index (χ2v) is 4.89. The molecule has 3 nitrogen and oxygen atoms in total. The summed E-state index contributed by atoms with van der Waals surface area (Å²) >= 11 is 1.58. The first-order valence-electron chi connectivity index (χ1n) is 5.01. The molecule has 6 heteroatoms. The molecule has 1 amide bonds. The normalized spacial score (nSPS) is 12.2. The zero-order valence-electron chi connectivity index (χ0n) is 9.59. The average Bonchev–Trinajstić information content (AvgIpc) is 2.30. The van der Waals surface area contributed by atoms with E-state index in [4.69, 9.17) is 5.73 Å². The van der Waals surface area contributed by atoms with Gasteiger partial charge < -0.3 is 11.1 Å². The lowest BCUT2D eigenvalue weighted by molar-refractivity contribution is 0.0950. The maximum atomic E-state index is 13.3. The molecule has 0 fully saturated rings. The van der Waals surface area contributed by atoms with Crippen LogP contribution in [0.4, 0.5) is 14.5 Å². The molecular weight excluding hydrogens is 246 g/mol. The van der Waals surface area contributed by atoms with Gasteiger partial charge in [0.05, 0.1) is 11.3 Å². The van der Waals surface area contributed by atoms with Gasteiger partial charge in [-0.15, -0.1) is 0 Å². The highest BCUT2D eigenvalue weighted by atomic mass is 32.2. The van der Waals surface area contributed by atoms with E-state index >= 15 is 0 Å². The molecule has 0 aliphatic rings. The molecule has 0 saturated heterocycles. The molecule has 0 spiro atoms. The Balaban J connectivity index is 2.79. The lowest BCUT2D eigenvalue weighted by atomic mass is 10.1. The van der Waals surface area contributed by atoms with Crippen LogP contribution < -0.4 is 11.1 Å². The van der Waals surface area contributed by atoms with Crippen molar-refractivity contribution in [3.05, 3.63) is 29.3 Å². The number of halogens is 2. The molecule has 0 aromatic heterocycles. The summed E-state index contributed by atoms with van der Waals surface area (Å²) in [6.07, 6.45) is 1.91. The van der Waals surface area contributed by atoms with Crippen LogP contribution in [0.5, 0.6) is 0 Å². The van der Waals surface area contributed by atoms with E-state index in [1.807, 2.05) is 13.2 Å². The number of rotatable bonds is 4. The van der Waals surface area contributed by atoms with E-state index in [2.05, 4.69) is 5.32 Å². The molecule has 1 aromatic carbocycles. The maximum Gasteiger partial charge on any atom is 0.254 e. The smallest absolute Gasteiger partial charge is 0.254 e. The first kappa shape index (κ1) is 13.8. The molecule has 0 aliphatic carbocycles. The second kappa shape index (κ2) is 5.86. The number of carbonyl (C=O) groups excluding carboxylic acids is 1. The van der Waals surface area contributed by atoms with Crippen molar-refractivity contribution < 1.29 is 13.6 Å². The summed E-state index contributed by atoms with van der Waals surface area (Å²) in [5.41, 5.74) is 4.80. The number of anilines is 1. The molecule has 1 rings (SSSR count). The quantitative estimate of drug-likeness (QED) is 0.814. The Hall–Kier alpha value is -1.30. The number of nitrogen functional groups attached to an aromatic ring is 1. The molecule has 0 heterocycles. The summed E-state index contributed by atoms with van der Waals surface area (Å²) < 4.78 is 26.2. The van der Waals surface area contributed by atoms with Gasteiger partial charge in [0.25, 0.3) is 5.91 Å². The van der Waals surface area contributed by atoms with Gasteiger partial charge in [0, 0.05) is 17.9 Å². The van der Waals surface area contributed by atoms with E-state index in [9.17, 15) is 13.6 Å².